The Labute approximate surface area is 102 Å². The van der Waals surface area contributed by atoms with Crippen LogP contribution in [0.4, 0.5) is 9.59 Å². The lowest BCUT2D eigenvalue weighted by atomic mass is 10.5. The topological polar surface area (TPSA) is 59.1 Å². The number of rotatable bonds is 6. The van der Waals surface area contributed by atoms with Gasteiger partial charge in [0, 0.05) is 14.1 Å². The van der Waals surface area contributed by atoms with Crippen molar-refractivity contribution in [1.29, 1.82) is 0 Å². The fourth-order valence-corrected chi connectivity index (χ4v) is 1.03. The van der Waals surface area contributed by atoms with Gasteiger partial charge in [0.25, 0.3) is 0 Å². The normalized spacial score (nSPS) is 9.65. The molecule has 0 heterocycles. The minimum absolute atomic E-state index is 0.144. The van der Waals surface area contributed by atoms with E-state index in [2.05, 4.69) is 0 Å². The van der Waals surface area contributed by atoms with E-state index in [9.17, 15) is 9.59 Å². The molecule has 0 aliphatic carbocycles. The number of carbonyl (C=O) groups is 2. The largest absolute Gasteiger partial charge is 0.449 e. The highest BCUT2D eigenvalue weighted by Crippen LogP contribution is 1.97. The van der Waals surface area contributed by atoms with Gasteiger partial charge in [-0.25, -0.2) is 9.59 Å². The maximum Gasteiger partial charge on any atom is 0.410 e. The molecule has 0 bridgehead atoms. The van der Waals surface area contributed by atoms with E-state index < -0.39 is 12.2 Å². The molecular weight excluding hydrogens is 224 g/mol. The summed E-state index contributed by atoms with van der Waals surface area (Å²) in [5.74, 6) is 0. The lowest BCUT2D eigenvalue weighted by Crippen LogP contribution is -2.40. The van der Waals surface area contributed by atoms with Crippen LogP contribution in [0.2, 0.25) is 0 Å². The Morgan fingerprint density at radius 1 is 0.882 bits per heavy atom. The lowest BCUT2D eigenvalue weighted by Gasteiger charge is -2.23. The highest BCUT2D eigenvalue weighted by molar-refractivity contribution is 5.70. The van der Waals surface area contributed by atoms with Crippen molar-refractivity contribution in [2.45, 2.75) is 26.7 Å². The summed E-state index contributed by atoms with van der Waals surface area (Å²) in [5.41, 5.74) is 0. The standard InChI is InChI=1S/C11H22N2O4/c1-5-7-16-10(14)12(3)9-13(4)11(15)17-8-6-2/h5-9H2,1-4H3. The summed E-state index contributed by atoms with van der Waals surface area (Å²) in [6, 6.07) is 0. The van der Waals surface area contributed by atoms with Gasteiger partial charge in [-0.1, -0.05) is 13.8 Å². The zero-order valence-electron chi connectivity index (χ0n) is 11.1. The molecule has 0 radical (unpaired) electrons. The van der Waals surface area contributed by atoms with E-state index in [1.165, 1.54) is 9.80 Å². The van der Waals surface area contributed by atoms with Gasteiger partial charge in [-0.2, -0.15) is 0 Å². The van der Waals surface area contributed by atoms with Crippen molar-refractivity contribution in [3.63, 3.8) is 0 Å². The zero-order valence-corrected chi connectivity index (χ0v) is 11.1. The van der Waals surface area contributed by atoms with E-state index in [0.29, 0.717) is 13.2 Å². The molecule has 0 aromatic rings. The second kappa shape index (κ2) is 8.66. The van der Waals surface area contributed by atoms with Gasteiger partial charge in [0.15, 0.2) is 0 Å². The average Bonchev–Trinajstić information content (AvgIpc) is 2.32. The summed E-state index contributed by atoms with van der Waals surface area (Å²) in [6.07, 6.45) is 0.658. The van der Waals surface area contributed by atoms with Crippen molar-refractivity contribution in [1.82, 2.24) is 9.80 Å². The fraction of sp³-hybridized carbons (Fsp3) is 0.818. The van der Waals surface area contributed by atoms with Gasteiger partial charge in [0.2, 0.25) is 0 Å². The lowest BCUT2D eigenvalue weighted by molar-refractivity contribution is 0.0748. The van der Waals surface area contributed by atoms with E-state index in [1.54, 1.807) is 14.1 Å². The van der Waals surface area contributed by atoms with Crippen molar-refractivity contribution < 1.29 is 19.1 Å². The summed E-state index contributed by atoms with van der Waals surface area (Å²) >= 11 is 0. The van der Waals surface area contributed by atoms with E-state index >= 15 is 0 Å². The third-order valence-electron chi connectivity index (χ3n) is 1.91. The molecule has 0 aromatic carbocycles. The molecule has 0 atom stereocenters. The van der Waals surface area contributed by atoms with E-state index in [4.69, 9.17) is 9.47 Å². The molecule has 0 aliphatic heterocycles. The zero-order chi connectivity index (χ0) is 13.3. The molecule has 2 amide bonds. The first kappa shape index (κ1) is 15.5. The maximum atomic E-state index is 11.4. The highest BCUT2D eigenvalue weighted by atomic mass is 16.6. The molecule has 6 heteroatoms. The number of carbonyl (C=O) groups excluding carboxylic acids is 2. The number of amides is 2. The first-order valence-corrected chi connectivity index (χ1v) is 5.78. The monoisotopic (exact) mass is 246 g/mol. The molecule has 0 aromatic heterocycles. The molecule has 0 N–H and O–H groups in total. The van der Waals surface area contributed by atoms with Gasteiger partial charge in [-0.15, -0.1) is 0 Å². The third-order valence-corrected chi connectivity index (χ3v) is 1.91. The van der Waals surface area contributed by atoms with Crippen molar-refractivity contribution in [3.8, 4) is 0 Å². The Kier molecular flexibility index (Phi) is 7.92. The van der Waals surface area contributed by atoms with Crippen LogP contribution in [0, 0.1) is 0 Å². The van der Waals surface area contributed by atoms with E-state index in [0.717, 1.165) is 12.8 Å². The second-order valence-corrected chi connectivity index (χ2v) is 3.77. The Hall–Kier alpha value is -1.46. The maximum absolute atomic E-state index is 11.4. The SMILES string of the molecule is CCCOC(=O)N(C)CN(C)C(=O)OCCC. The van der Waals surface area contributed by atoms with Crippen LogP contribution in [0.5, 0.6) is 0 Å². The average molecular weight is 246 g/mol. The van der Waals surface area contributed by atoms with Crippen LogP contribution in [0.25, 0.3) is 0 Å². The molecule has 100 valence electrons. The van der Waals surface area contributed by atoms with E-state index in [-0.39, 0.29) is 6.67 Å². The van der Waals surface area contributed by atoms with Crippen molar-refractivity contribution >= 4 is 12.2 Å². The van der Waals surface area contributed by atoms with Gasteiger partial charge >= 0.3 is 12.2 Å². The molecule has 0 spiro atoms. The van der Waals surface area contributed by atoms with Gasteiger partial charge in [-0.05, 0) is 12.8 Å². The van der Waals surface area contributed by atoms with Crippen molar-refractivity contribution in [2.24, 2.45) is 0 Å². The Balaban J connectivity index is 3.96. The van der Waals surface area contributed by atoms with Crippen LogP contribution >= 0.6 is 0 Å². The molecule has 17 heavy (non-hydrogen) atoms. The van der Waals surface area contributed by atoms with Crippen molar-refractivity contribution in [2.75, 3.05) is 34.0 Å². The smallest absolute Gasteiger partial charge is 0.410 e. The van der Waals surface area contributed by atoms with Crippen LogP contribution in [0.15, 0.2) is 0 Å². The van der Waals surface area contributed by atoms with E-state index in [1.807, 2.05) is 13.8 Å². The molecular formula is C11H22N2O4. The van der Waals surface area contributed by atoms with Crippen LogP contribution in [0.3, 0.4) is 0 Å². The minimum Gasteiger partial charge on any atom is -0.449 e. The van der Waals surface area contributed by atoms with Crippen LogP contribution in [-0.2, 0) is 9.47 Å². The predicted octanol–water partition coefficient (Wildman–Crippen LogP) is 1.90. The summed E-state index contributed by atoms with van der Waals surface area (Å²) in [4.78, 5) is 25.4. The first-order chi connectivity index (χ1) is 8.02. The summed E-state index contributed by atoms with van der Waals surface area (Å²) in [7, 11) is 3.14. The van der Waals surface area contributed by atoms with Crippen LogP contribution < -0.4 is 0 Å². The molecule has 6 nitrogen and oxygen atoms in total. The third kappa shape index (κ3) is 6.65. The molecule has 0 saturated carbocycles. The molecule has 0 rings (SSSR count). The molecule has 0 aliphatic rings. The minimum atomic E-state index is -0.443. The Bertz CT molecular complexity index is 222. The summed E-state index contributed by atoms with van der Waals surface area (Å²) in [5, 5.41) is 0. The second-order valence-electron chi connectivity index (χ2n) is 3.77. The van der Waals surface area contributed by atoms with Crippen molar-refractivity contribution in [3.05, 3.63) is 0 Å². The first-order valence-electron chi connectivity index (χ1n) is 5.78. The van der Waals surface area contributed by atoms with Gasteiger partial charge in [-0.3, -0.25) is 9.80 Å². The number of hydrogen-bond donors (Lipinski definition) is 0. The predicted molar refractivity (Wildman–Crippen MR) is 63.7 cm³/mol. The van der Waals surface area contributed by atoms with Gasteiger partial charge in [0.05, 0.1) is 13.2 Å². The highest BCUT2D eigenvalue weighted by Gasteiger charge is 2.16. The molecule has 0 fully saturated rings. The molecule has 0 unspecified atom stereocenters. The molecule has 0 saturated heterocycles. The van der Waals surface area contributed by atoms with Crippen LogP contribution in [0.1, 0.15) is 26.7 Å². The quantitative estimate of drug-likeness (QED) is 0.672. The summed E-state index contributed by atoms with van der Waals surface area (Å²) < 4.78 is 9.85. The fourth-order valence-electron chi connectivity index (χ4n) is 1.03. The van der Waals surface area contributed by atoms with Crippen LogP contribution in [-0.4, -0.2) is 56.0 Å². The number of ether oxygens (including phenoxy) is 2. The summed E-state index contributed by atoms with van der Waals surface area (Å²) in [6.45, 7) is 4.74. The Morgan fingerprint density at radius 3 is 1.53 bits per heavy atom. The number of nitrogens with zero attached hydrogens (tertiary/aromatic N) is 2. The van der Waals surface area contributed by atoms with Gasteiger partial charge in [0.1, 0.15) is 6.67 Å². The number of hydrogen-bond acceptors (Lipinski definition) is 4. The Morgan fingerprint density at radius 2 is 1.24 bits per heavy atom. The van der Waals surface area contributed by atoms with Gasteiger partial charge < -0.3 is 9.47 Å².